The fourth-order valence-corrected chi connectivity index (χ4v) is 3.52. The van der Waals surface area contributed by atoms with Crippen LogP contribution in [-0.4, -0.2) is 37.1 Å². The smallest absolute Gasteiger partial charge is 0.122 e. The lowest BCUT2D eigenvalue weighted by molar-refractivity contribution is 0.107. The Kier molecular flexibility index (Phi) is 4.23. The van der Waals surface area contributed by atoms with Gasteiger partial charge in [0.25, 0.3) is 0 Å². The molecule has 0 saturated heterocycles. The lowest BCUT2D eigenvalue weighted by Crippen LogP contribution is -2.54. The van der Waals surface area contributed by atoms with E-state index in [9.17, 15) is 5.26 Å². The van der Waals surface area contributed by atoms with Crippen LogP contribution in [0.3, 0.4) is 0 Å². The Morgan fingerprint density at radius 3 is 2.26 bits per heavy atom. The molecule has 1 atom stereocenters. The SMILES string of the molecule is CNC(C#N)(CN(C)C1CCC(C)(C)CC1)C1CC1. The van der Waals surface area contributed by atoms with Crippen LogP contribution in [-0.2, 0) is 0 Å². The van der Waals surface area contributed by atoms with Crippen molar-refractivity contribution in [1.82, 2.24) is 10.2 Å². The summed E-state index contributed by atoms with van der Waals surface area (Å²) in [5, 5.41) is 12.9. The Balaban J connectivity index is 1.93. The quantitative estimate of drug-likeness (QED) is 0.829. The summed E-state index contributed by atoms with van der Waals surface area (Å²) in [4.78, 5) is 2.44. The lowest BCUT2D eigenvalue weighted by Gasteiger charge is -2.41. The van der Waals surface area contributed by atoms with Crippen molar-refractivity contribution < 1.29 is 0 Å². The Morgan fingerprint density at radius 1 is 1.26 bits per heavy atom. The van der Waals surface area contributed by atoms with Crippen LogP contribution in [0.4, 0.5) is 0 Å². The van der Waals surface area contributed by atoms with Crippen LogP contribution in [0.5, 0.6) is 0 Å². The van der Waals surface area contributed by atoms with E-state index >= 15 is 0 Å². The molecule has 2 saturated carbocycles. The van der Waals surface area contributed by atoms with E-state index in [1.165, 1.54) is 38.5 Å². The molecule has 2 aliphatic carbocycles. The van der Waals surface area contributed by atoms with E-state index < -0.39 is 0 Å². The molecule has 0 aromatic carbocycles. The van der Waals surface area contributed by atoms with Crippen molar-refractivity contribution in [2.24, 2.45) is 11.3 Å². The van der Waals surface area contributed by atoms with Gasteiger partial charge in [-0.3, -0.25) is 0 Å². The first-order chi connectivity index (χ1) is 8.92. The summed E-state index contributed by atoms with van der Waals surface area (Å²) in [5.74, 6) is 0.560. The highest BCUT2D eigenvalue weighted by Crippen LogP contribution is 2.41. The minimum absolute atomic E-state index is 0.318. The third-order valence-electron chi connectivity index (χ3n) is 5.35. The topological polar surface area (TPSA) is 39.1 Å². The summed E-state index contributed by atoms with van der Waals surface area (Å²) in [6.07, 6.45) is 7.59. The number of nitrogens with zero attached hydrogens (tertiary/aromatic N) is 2. The minimum Gasteiger partial charge on any atom is -0.301 e. The molecule has 2 rings (SSSR count). The minimum atomic E-state index is -0.318. The molecule has 2 aliphatic rings. The maximum atomic E-state index is 9.58. The predicted molar refractivity (Wildman–Crippen MR) is 78.8 cm³/mol. The largest absolute Gasteiger partial charge is 0.301 e. The summed E-state index contributed by atoms with van der Waals surface area (Å²) < 4.78 is 0. The standard InChI is InChI=1S/C16H29N3/c1-15(2)9-7-14(8-10-15)19(4)12-16(11-17,18-3)13-5-6-13/h13-14,18H,5-10,12H2,1-4H3. The van der Waals surface area contributed by atoms with Crippen LogP contribution >= 0.6 is 0 Å². The normalized spacial score (nSPS) is 26.9. The highest BCUT2D eigenvalue weighted by atomic mass is 15.2. The highest BCUT2D eigenvalue weighted by molar-refractivity contribution is 5.16. The van der Waals surface area contributed by atoms with Gasteiger partial charge in [0.05, 0.1) is 6.07 Å². The van der Waals surface area contributed by atoms with E-state index in [-0.39, 0.29) is 5.54 Å². The summed E-state index contributed by atoms with van der Waals surface area (Å²) in [7, 11) is 4.15. The maximum Gasteiger partial charge on any atom is 0.122 e. The number of nitriles is 1. The third-order valence-corrected chi connectivity index (χ3v) is 5.35. The van der Waals surface area contributed by atoms with Gasteiger partial charge in [-0.05, 0) is 64.0 Å². The van der Waals surface area contributed by atoms with Crippen LogP contribution < -0.4 is 5.32 Å². The second-order valence-corrected chi connectivity index (χ2v) is 7.42. The average Bonchev–Trinajstić information content (AvgIpc) is 3.20. The first kappa shape index (κ1) is 14.8. The van der Waals surface area contributed by atoms with E-state index in [1.54, 1.807) is 0 Å². The molecular formula is C16H29N3. The number of hydrogen-bond acceptors (Lipinski definition) is 3. The van der Waals surface area contributed by atoms with Gasteiger partial charge in [0, 0.05) is 12.6 Å². The van der Waals surface area contributed by atoms with Gasteiger partial charge >= 0.3 is 0 Å². The van der Waals surface area contributed by atoms with Crippen LogP contribution in [0, 0.1) is 22.7 Å². The van der Waals surface area contributed by atoms with Gasteiger partial charge in [-0.25, -0.2) is 0 Å². The number of nitrogens with one attached hydrogen (secondary N) is 1. The number of rotatable bonds is 5. The fraction of sp³-hybridized carbons (Fsp3) is 0.938. The summed E-state index contributed by atoms with van der Waals surface area (Å²) >= 11 is 0. The molecular weight excluding hydrogens is 234 g/mol. The van der Waals surface area contributed by atoms with Crippen molar-refractivity contribution in [3.8, 4) is 6.07 Å². The molecule has 0 spiro atoms. The fourth-order valence-electron chi connectivity index (χ4n) is 3.52. The summed E-state index contributed by atoms with van der Waals surface area (Å²) in [5.41, 5.74) is 0.199. The highest BCUT2D eigenvalue weighted by Gasteiger charge is 2.46. The predicted octanol–water partition coefficient (Wildman–Crippen LogP) is 2.78. The Hall–Kier alpha value is -0.590. The monoisotopic (exact) mass is 263 g/mol. The van der Waals surface area contributed by atoms with Gasteiger partial charge < -0.3 is 10.2 Å². The molecule has 108 valence electrons. The van der Waals surface area contributed by atoms with Crippen molar-refractivity contribution in [1.29, 1.82) is 5.26 Å². The number of hydrogen-bond donors (Lipinski definition) is 1. The van der Waals surface area contributed by atoms with E-state index in [1.807, 2.05) is 7.05 Å². The summed E-state index contributed by atoms with van der Waals surface area (Å²) in [6, 6.07) is 3.22. The van der Waals surface area contributed by atoms with E-state index in [0.717, 1.165) is 6.54 Å². The molecule has 1 N–H and O–H groups in total. The third kappa shape index (κ3) is 3.30. The van der Waals surface area contributed by atoms with Crippen LogP contribution in [0.25, 0.3) is 0 Å². The molecule has 0 aromatic rings. The van der Waals surface area contributed by atoms with Crippen LogP contribution in [0.2, 0.25) is 0 Å². The van der Waals surface area contributed by atoms with Crippen molar-refractivity contribution in [3.63, 3.8) is 0 Å². The summed E-state index contributed by atoms with van der Waals surface area (Å²) in [6.45, 7) is 5.62. The van der Waals surface area contributed by atoms with Crippen molar-refractivity contribution >= 4 is 0 Å². The Labute approximate surface area is 118 Å². The van der Waals surface area contributed by atoms with Gasteiger partial charge in [0.15, 0.2) is 0 Å². The van der Waals surface area contributed by atoms with E-state index in [0.29, 0.717) is 17.4 Å². The van der Waals surface area contributed by atoms with E-state index in [2.05, 4.69) is 37.2 Å². The second kappa shape index (κ2) is 5.42. The zero-order valence-electron chi connectivity index (χ0n) is 13.0. The Bertz CT molecular complexity index is 343. The van der Waals surface area contributed by atoms with Crippen molar-refractivity contribution in [2.45, 2.75) is 64.0 Å². The Morgan fingerprint density at radius 2 is 1.84 bits per heavy atom. The van der Waals surface area contributed by atoms with Gasteiger partial charge in [-0.1, -0.05) is 13.8 Å². The molecule has 0 radical (unpaired) electrons. The van der Waals surface area contributed by atoms with Gasteiger partial charge in [-0.15, -0.1) is 0 Å². The first-order valence-corrected chi connectivity index (χ1v) is 7.73. The van der Waals surface area contributed by atoms with Crippen molar-refractivity contribution in [3.05, 3.63) is 0 Å². The van der Waals surface area contributed by atoms with E-state index in [4.69, 9.17) is 0 Å². The lowest BCUT2D eigenvalue weighted by atomic mass is 9.75. The van der Waals surface area contributed by atoms with Crippen LogP contribution in [0.1, 0.15) is 52.4 Å². The molecule has 2 fully saturated rings. The molecule has 3 heteroatoms. The van der Waals surface area contributed by atoms with Gasteiger partial charge in [0.1, 0.15) is 5.54 Å². The molecule has 1 unspecified atom stereocenters. The van der Waals surface area contributed by atoms with Gasteiger partial charge in [0.2, 0.25) is 0 Å². The first-order valence-electron chi connectivity index (χ1n) is 7.73. The molecule has 3 nitrogen and oxygen atoms in total. The molecule has 0 aliphatic heterocycles. The molecule has 0 amide bonds. The zero-order chi connectivity index (χ0) is 14.1. The molecule has 0 bridgehead atoms. The molecule has 0 heterocycles. The zero-order valence-corrected chi connectivity index (χ0v) is 13.0. The maximum absolute atomic E-state index is 9.58. The molecule has 19 heavy (non-hydrogen) atoms. The average molecular weight is 263 g/mol. The second-order valence-electron chi connectivity index (χ2n) is 7.42. The van der Waals surface area contributed by atoms with Crippen LogP contribution in [0.15, 0.2) is 0 Å². The molecule has 0 aromatic heterocycles. The number of likely N-dealkylation sites (N-methyl/N-ethyl adjacent to an activating group) is 2. The van der Waals surface area contributed by atoms with Gasteiger partial charge in [-0.2, -0.15) is 5.26 Å². The van der Waals surface area contributed by atoms with Crippen molar-refractivity contribution in [2.75, 3.05) is 20.6 Å².